The first-order chi connectivity index (χ1) is 9.58. The van der Waals surface area contributed by atoms with Gasteiger partial charge in [-0.2, -0.15) is 0 Å². The monoisotopic (exact) mass is 270 g/mol. The van der Waals surface area contributed by atoms with Crippen molar-refractivity contribution in [3.63, 3.8) is 0 Å². The van der Waals surface area contributed by atoms with Gasteiger partial charge in [-0.25, -0.2) is 9.37 Å². The van der Waals surface area contributed by atoms with E-state index in [1.54, 1.807) is 19.2 Å². The van der Waals surface area contributed by atoms with Crippen LogP contribution in [0, 0.1) is 12.7 Å². The molecule has 0 aliphatic heterocycles. The fourth-order valence-electron chi connectivity index (χ4n) is 2.40. The normalized spacial score (nSPS) is 12.8. The minimum atomic E-state index is -0.271. The number of rotatable bonds is 2. The Morgan fingerprint density at radius 1 is 1.30 bits per heavy atom. The number of halogens is 1. The summed E-state index contributed by atoms with van der Waals surface area (Å²) in [5, 5.41) is 0. The smallest absolute Gasteiger partial charge is 0.201 e. The average Bonchev–Trinajstić information content (AvgIpc) is 2.75. The molecule has 4 nitrogen and oxygen atoms in total. The Balaban J connectivity index is 2.21. The molecule has 5 heteroatoms. The predicted molar refractivity (Wildman–Crippen MR) is 76.9 cm³/mol. The third kappa shape index (κ3) is 1.91. The second-order valence-electron chi connectivity index (χ2n) is 4.86. The van der Waals surface area contributed by atoms with E-state index in [0.29, 0.717) is 17.0 Å². The van der Waals surface area contributed by atoms with Gasteiger partial charge >= 0.3 is 0 Å². The fraction of sp³-hybridized carbons (Fsp3) is 0.200. The number of imidazole rings is 1. The summed E-state index contributed by atoms with van der Waals surface area (Å²) in [5.74, 6) is 0.0933. The Bertz CT molecular complexity index is 764. The van der Waals surface area contributed by atoms with E-state index in [1.807, 2.05) is 29.7 Å². The highest BCUT2D eigenvalue weighted by Crippen LogP contribution is 2.27. The van der Waals surface area contributed by atoms with Crippen LogP contribution in [0.5, 0.6) is 0 Å². The van der Waals surface area contributed by atoms with Gasteiger partial charge < -0.3 is 10.3 Å². The number of benzene rings is 1. The maximum Gasteiger partial charge on any atom is 0.201 e. The van der Waals surface area contributed by atoms with Crippen molar-refractivity contribution in [1.82, 2.24) is 14.5 Å². The van der Waals surface area contributed by atoms with Crippen molar-refractivity contribution >= 4 is 17.0 Å². The predicted octanol–water partition coefficient (Wildman–Crippen LogP) is 3.07. The van der Waals surface area contributed by atoms with Gasteiger partial charge in [-0.3, -0.25) is 4.98 Å². The Hall–Kier alpha value is -2.43. The van der Waals surface area contributed by atoms with Gasteiger partial charge in [0, 0.05) is 12.3 Å². The van der Waals surface area contributed by atoms with Gasteiger partial charge in [0.2, 0.25) is 5.95 Å². The van der Waals surface area contributed by atoms with E-state index in [0.717, 1.165) is 11.2 Å². The van der Waals surface area contributed by atoms with Crippen LogP contribution in [0.4, 0.5) is 10.3 Å². The molecule has 2 N–H and O–H groups in total. The lowest BCUT2D eigenvalue weighted by Crippen LogP contribution is -2.11. The molecule has 20 heavy (non-hydrogen) atoms. The second kappa shape index (κ2) is 4.59. The maximum atomic E-state index is 13.6. The molecule has 2 aromatic heterocycles. The SMILES string of the molecule is Cc1cc2c(cc1F)nc(N)n2C(C)c1ccccn1. The quantitative estimate of drug-likeness (QED) is 0.778. The van der Waals surface area contributed by atoms with Crippen molar-refractivity contribution in [2.24, 2.45) is 0 Å². The molecule has 0 saturated heterocycles. The first-order valence-electron chi connectivity index (χ1n) is 6.42. The Labute approximate surface area is 116 Å². The van der Waals surface area contributed by atoms with Crippen molar-refractivity contribution < 1.29 is 4.39 Å². The highest BCUT2D eigenvalue weighted by Gasteiger charge is 2.17. The summed E-state index contributed by atoms with van der Waals surface area (Å²) in [5.41, 5.74) is 8.84. The van der Waals surface area contributed by atoms with Gasteiger partial charge in [0.1, 0.15) is 5.82 Å². The fourth-order valence-corrected chi connectivity index (χ4v) is 2.40. The second-order valence-corrected chi connectivity index (χ2v) is 4.86. The molecule has 102 valence electrons. The number of pyridine rings is 1. The Kier molecular flexibility index (Phi) is 2.89. The lowest BCUT2D eigenvalue weighted by atomic mass is 10.1. The molecule has 0 spiro atoms. The van der Waals surface area contributed by atoms with Crippen LogP contribution in [0.25, 0.3) is 11.0 Å². The van der Waals surface area contributed by atoms with Crippen molar-refractivity contribution in [3.8, 4) is 0 Å². The van der Waals surface area contributed by atoms with Crippen molar-refractivity contribution in [2.75, 3.05) is 5.73 Å². The highest BCUT2D eigenvalue weighted by atomic mass is 19.1. The molecule has 3 aromatic rings. The van der Waals surface area contributed by atoms with E-state index in [1.165, 1.54) is 6.07 Å². The van der Waals surface area contributed by atoms with Crippen LogP contribution in [0.3, 0.4) is 0 Å². The van der Waals surface area contributed by atoms with Crippen molar-refractivity contribution in [2.45, 2.75) is 19.9 Å². The summed E-state index contributed by atoms with van der Waals surface area (Å²) in [6.07, 6.45) is 1.74. The number of nitrogens with two attached hydrogens (primary N) is 1. The van der Waals surface area contributed by atoms with Crippen LogP contribution in [0.15, 0.2) is 36.5 Å². The molecule has 0 aliphatic rings. The zero-order chi connectivity index (χ0) is 14.3. The van der Waals surface area contributed by atoms with Crippen LogP contribution in [-0.2, 0) is 0 Å². The topological polar surface area (TPSA) is 56.7 Å². The molecule has 1 atom stereocenters. The summed E-state index contributed by atoms with van der Waals surface area (Å²) >= 11 is 0. The van der Waals surface area contributed by atoms with Crippen LogP contribution >= 0.6 is 0 Å². The third-order valence-corrected chi connectivity index (χ3v) is 3.50. The first-order valence-corrected chi connectivity index (χ1v) is 6.42. The maximum absolute atomic E-state index is 13.6. The van der Waals surface area contributed by atoms with Crippen LogP contribution < -0.4 is 5.73 Å². The van der Waals surface area contributed by atoms with E-state index in [9.17, 15) is 4.39 Å². The molecule has 0 fully saturated rings. The van der Waals surface area contributed by atoms with E-state index in [4.69, 9.17) is 5.73 Å². The number of hydrogen-bond donors (Lipinski definition) is 1. The number of hydrogen-bond acceptors (Lipinski definition) is 3. The van der Waals surface area contributed by atoms with E-state index in [-0.39, 0.29) is 11.9 Å². The standard InChI is InChI=1S/C15H15FN4/c1-9-7-14-13(8-11(9)16)19-15(17)20(14)10(2)12-5-3-4-6-18-12/h3-8,10H,1-2H3,(H2,17,19). The number of aryl methyl sites for hydroxylation is 1. The van der Waals surface area contributed by atoms with Crippen LogP contribution in [0.1, 0.15) is 24.2 Å². The summed E-state index contributed by atoms with van der Waals surface area (Å²) in [7, 11) is 0. The minimum absolute atomic E-state index is 0.0638. The third-order valence-electron chi connectivity index (χ3n) is 3.50. The zero-order valence-corrected chi connectivity index (χ0v) is 11.3. The van der Waals surface area contributed by atoms with Gasteiger partial charge in [-0.15, -0.1) is 0 Å². The van der Waals surface area contributed by atoms with Gasteiger partial charge in [0.15, 0.2) is 0 Å². The molecule has 2 heterocycles. The van der Waals surface area contributed by atoms with Crippen molar-refractivity contribution in [1.29, 1.82) is 0 Å². The number of nitrogens with zero attached hydrogens (tertiary/aromatic N) is 3. The first kappa shape index (κ1) is 12.6. The summed E-state index contributed by atoms with van der Waals surface area (Å²) in [4.78, 5) is 8.58. The van der Waals surface area contributed by atoms with E-state index >= 15 is 0 Å². The zero-order valence-electron chi connectivity index (χ0n) is 11.3. The molecule has 0 amide bonds. The molecule has 0 bridgehead atoms. The van der Waals surface area contributed by atoms with Gasteiger partial charge in [0.05, 0.1) is 22.8 Å². The molecule has 0 radical (unpaired) electrons. The van der Waals surface area contributed by atoms with Crippen molar-refractivity contribution in [3.05, 3.63) is 53.6 Å². The van der Waals surface area contributed by atoms with Crippen LogP contribution in [0.2, 0.25) is 0 Å². The van der Waals surface area contributed by atoms with Gasteiger partial charge in [-0.1, -0.05) is 6.07 Å². The Morgan fingerprint density at radius 2 is 2.10 bits per heavy atom. The van der Waals surface area contributed by atoms with Gasteiger partial charge in [0.25, 0.3) is 0 Å². The number of aromatic nitrogens is 3. The molecule has 1 aromatic carbocycles. The summed E-state index contributed by atoms with van der Waals surface area (Å²) in [6.45, 7) is 3.73. The highest BCUT2D eigenvalue weighted by molar-refractivity contribution is 5.79. The summed E-state index contributed by atoms with van der Waals surface area (Å²) in [6, 6.07) is 8.86. The average molecular weight is 270 g/mol. The lowest BCUT2D eigenvalue weighted by molar-refractivity contribution is 0.619. The van der Waals surface area contributed by atoms with E-state index < -0.39 is 0 Å². The number of nitrogen functional groups attached to an aromatic ring is 1. The minimum Gasteiger partial charge on any atom is -0.369 e. The molecule has 3 rings (SSSR count). The van der Waals surface area contributed by atoms with Gasteiger partial charge in [-0.05, 0) is 37.6 Å². The van der Waals surface area contributed by atoms with Crippen LogP contribution in [-0.4, -0.2) is 14.5 Å². The lowest BCUT2D eigenvalue weighted by Gasteiger charge is -2.15. The summed E-state index contributed by atoms with van der Waals surface area (Å²) < 4.78 is 15.5. The molecule has 1 unspecified atom stereocenters. The van der Waals surface area contributed by atoms with E-state index in [2.05, 4.69) is 9.97 Å². The molecular weight excluding hydrogens is 255 g/mol. The molecular formula is C15H15FN4. The number of fused-ring (bicyclic) bond motifs is 1. The Morgan fingerprint density at radius 3 is 2.80 bits per heavy atom. The molecule has 0 aliphatic carbocycles. The largest absolute Gasteiger partial charge is 0.369 e. The number of anilines is 1. The molecule has 0 saturated carbocycles.